The predicted molar refractivity (Wildman–Crippen MR) is 240 cm³/mol. The molecule has 1 aromatic carbocycles. The van der Waals surface area contributed by atoms with Crippen LogP contribution in [0.15, 0.2) is 58.4 Å². The van der Waals surface area contributed by atoms with E-state index in [0.717, 1.165) is 71.3 Å². The number of epoxide rings is 1. The van der Waals surface area contributed by atoms with Gasteiger partial charge in [-0.25, -0.2) is 0 Å². The molecule has 5 fully saturated rings. The number of aryl methyl sites for hydroxylation is 1. The number of hydrogen-bond donors (Lipinski definition) is 4. The van der Waals surface area contributed by atoms with E-state index in [4.69, 9.17) is 14.5 Å². The molecule has 4 aliphatic heterocycles. The van der Waals surface area contributed by atoms with E-state index in [2.05, 4.69) is 82.2 Å². The van der Waals surface area contributed by atoms with Crippen molar-refractivity contribution in [1.82, 2.24) is 10.2 Å². The number of allylic oxidation sites excluding steroid dienone is 1. The molecular weight excluding hydrogens is 779 g/mol. The maximum atomic E-state index is 14.9. The third-order valence-electron chi connectivity index (χ3n) is 18.5. The Morgan fingerprint density at radius 3 is 2.45 bits per heavy atom. The molecule has 10 nitrogen and oxygen atoms in total. The zero-order valence-corrected chi connectivity index (χ0v) is 38.9. The molecule has 4 heterocycles. The van der Waals surface area contributed by atoms with Gasteiger partial charge in [-0.15, -0.1) is 0 Å². The average Bonchev–Trinajstić information content (AvgIpc) is 3.48. The molecule has 2 saturated heterocycles. The zero-order chi connectivity index (χ0) is 44.4. The summed E-state index contributed by atoms with van der Waals surface area (Å²) in [4.78, 5) is 36.2. The summed E-state index contributed by atoms with van der Waals surface area (Å²) in [6.45, 7) is 19.8. The first kappa shape index (κ1) is 44.2. The van der Waals surface area contributed by atoms with Crippen LogP contribution in [-0.4, -0.2) is 101 Å². The van der Waals surface area contributed by atoms with E-state index in [-0.39, 0.29) is 52.6 Å². The molecule has 10 heteroatoms. The number of aliphatic hydroxyl groups excluding tert-OH is 2. The van der Waals surface area contributed by atoms with Crippen molar-refractivity contribution in [3.8, 4) is 0 Å². The highest BCUT2D eigenvalue weighted by Crippen LogP contribution is 2.75. The largest absolute Gasteiger partial charge is 0.392 e. The number of fused-ring (bicyclic) bond motifs is 6. The molecule has 338 valence electrons. The first-order valence-corrected chi connectivity index (χ1v) is 23.8. The Balaban J connectivity index is 1.11. The van der Waals surface area contributed by atoms with Crippen LogP contribution in [0.4, 0.5) is 0 Å². The number of rotatable bonds is 12. The first-order chi connectivity index (χ1) is 29.2. The molecule has 1 aromatic rings. The summed E-state index contributed by atoms with van der Waals surface area (Å²) in [6.07, 6.45) is 10.9. The molecule has 8 aliphatic rings. The second-order valence-corrected chi connectivity index (χ2v) is 22.6. The fourth-order valence-corrected chi connectivity index (χ4v) is 15.1. The molecule has 12 atom stereocenters. The van der Waals surface area contributed by atoms with Crippen LogP contribution in [0.1, 0.15) is 123 Å². The second kappa shape index (κ2) is 15.3. The Kier molecular flexibility index (Phi) is 10.9. The Bertz CT molecular complexity index is 2130. The van der Waals surface area contributed by atoms with Gasteiger partial charge in [-0.1, -0.05) is 58.4 Å². The van der Waals surface area contributed by atoms with Crippen molar-refractivity contribution in [2.75, 3.05) is 33.4 Å². The summed E-state index contributed by atoms with van der Waals surface area (Å²) in [5.74, 6) is -0.107. The highest BCUT2D eigenvalue weighted by molar-refractivity contribution is 6.09. The lowest BCUT2D eigenvalue weighted by Gasteiger charge is -2.70. The van der Waals surface area contributed by atoms with Gasteiger partial charge in [0.05, 0.1) is 35.2 Å². The van der Waals surface area contributed by atoms with Gasteiger partial charge in [0, 0.05) is 81.0 Å². The molecule has 0 amide bonds. The monoisotopic (exact) mass is 852 g/mol. The topological polar surface area (TPSA) is 144 Å². The Morgan fingerprint density at radius 2 is 1.76 bits per heavy atom. The SMILES string of the molecule is CNCC[C@]1(C)C(=O)CC[C@@]2(C)[C@H]1CC[C@@]1(C)[C@H]2[C@H](O)[C@H](CN2C=C(Cc3cc(C)cc(C4(O)CCOCC4)c3)C3=NC=CC32)C2=C([C@H](C)C[C@@H](O)[C@@H]3OC3(C)C)C(=O)C[C@]21C. The summed E-state index contributed by atoms with van der Waals surface area (Å²) in [5, 5.41) is 40.0. The quantitative estimate of drug-likeness (QED) is 0.165. The van der Waals surface area contributed by atoms with Crippen molar-refractivity contribution in [2.24, 2.45) is 50.3 Å². The van der Waals surface area contributed by atoms with Crippen LogP contribution in [0.3, 0.4) is 0 Å². The van der Waals surface area contributed by atoms with Crippen molar-refractivity contribution in [1.29, 1.82) is 0 Å². The predicted octanol–water partition coefficient (Wildman–Crippen LogP) is 6.92. The lowest BCUT2D eigenvalue weighted by Crippen LogP contribution is -2.68. The third kappa shape index (κ3) is 6.73. The van der Waals surface area contributed by atoms with Gasteiger partial charge in [-0.05, 0) is 129 Å². The number of nitrogens with zero attached hydrogens (tertiary/aromatic N) is 2. The van der Waals surface area contributed by atoms with Gasteiger partial charge in [0.1, 0.15) is 11.9 Å². The fraction of sp³-hybridized carbons (Fsp3) is 0.712. The van der Waals surface area contributed by atoms with Crippen LogP contribution in [0, 0.1) is 52.3 Å². The lowest BCUT2D eigenvalue weighted by atomic mass is 9.34. The molecule has 3 saturated carbocycles. The maximum Gasteiger partial charge on any atom is 0.160 e. The number of carbonyl (C=O) groups excluding carboxylic acids is 2. The Hall–Kier alpha value is -2.99. The van der Waals surface area contributed by atoms with Gasteiger partial charge in [-0.2, -0.15) is 0 Å². The zero-order valence-electron chi connectivity index (χ0n) is 38.9. The number of nitrogens with one attached hydrogen (secondary N) is 1. The van der Waals surface area contributed by atoms with Crippen LogP contribution < -0.4 is 5.32 Å². The van der Waals surface area contributed by atoms with Crippen molar-refractivity contribution in [3.05, 3.63) is 70.1 Å². The van der Waals surface area contributed by atoms with Crippen LogP contribution in [0.2, 0.25) is 0 Å². The Morgan fingerprint density at radius 1 is 1.03 bits per heavy atom. The van der Waals surface area contributed by atoms with E-state index >= 15 is 0 Å². The molecule has 0 bridgehead atoms. The highest BCUT2D eigenvalue weighted by Gasteiger charge is 2.72. The molecule has 62 heavy (non-hydrogen) atoms. The minimum absolute atomic E-state index is 0.0952. The van der Waals surface area contributed by atoms with Crippen LogP contribution in [0.25, 0.3) is 0 Å². The number of Topliss-reactive ketones (excluding diaryl/α,β-unsaturated/α-hetero) is 2. The smallest absolute Gasteiger partial charge is 0.160 e. The van der Waals surface area contributed by atoms with Gasteiger partial charge >= 0.3 is 0 Å². The summed E-state index contributed by atoms with van der Waals surface area (Å²) in [7, 11) is 1.95. The minimum atomic E-state index is -0.910. The van der Waals surface area contributed by atoms with Crippen LogP contribution in [-0.2, 0) is 31.1 Å². The van der Waals surface area contributed by atoms with Crippen molar-refractivity contribution >= 4 is 17.3 Å². The van der Waals surface area contributed by atoms with Gasteiger partial charge in [0.15, 0.2) is 5.78 Å². The molecule has 0 radical (unpaired) electrons. The number of ketones is 2. The van der Waals surface area contributed by atoms with E-state index in [9.17, 15) is 24.9 Å². The van der Waals surface area contributed by atoms with Gasteiger partial charge < -0.3 is 35.0 Å². The lowest BCUT2D eigenvalue weighted by molar-refractivity contribution is -0.222. The summed E-state index contributed by atoms with van der Waals surface area (Å²) in [5.41, 5.74) is 4.16. The normalized spacial score (nSPS) is 40.1. The van der Waals surface area contributed by atoms with Gasteiger partial charge in [0.2, 0.25) is 0 Å². The fourth-order valence-electron chi connectivity index (χ4n) is 15.1. The second-order valence-electron chi connectivity index (χ2n) is 22.6. The van der Waals surface area contributed by atoms with E-state index in [1.54, 1.807) is 0 Å². The molecule has 9 rings (SSSR count). The first-order valence-electron chi connectivity index (χ1n) is 23.8. The average molecular weight is 852 g/mol. The molecule has 0 spiro atoms. The highest BCUT2D eigenvalue weighted by atomic mass is 16.6. The molecule has 4 aliphatic carbocycles. The van der Waals surface area contributed by atoms with E-state index < -0.39 is 34.1 Å². The minimum Gasteiger partial charge on any atom is -0.392 e. The van der Waals surface area contributed by atoms with Crippen LogP contribution >= 0.6 is 0 Å². The van der Waals surface area contributed by atoms with E-state index in [1.807, 2.05) is 27.1 Å². The summed E-state index contributed by atoms with van der Waals surface area (Å²) >= 11 is 0. The Labute approximate surface area is 369 Å². The van der Waals surface area contributed by atoms with Crippen molar-refractivity contribution in [2.45, 2.75) is 155 Å². The number of hydrogen-bond acceptors (Lipinski definition) is 10. The van der Waals surface area contributed by atoms with Crippen molar-refractivity contribution < 1.29 is 34.4 Å². The summed E-state index contributed by atoms with van der Waals surface area (Å²) < 4.78 is 11.5. The van der Waals surface area contributed by atoms with Gasteiger partial charge in [0.25, 0.3) is 0 Å². The maximum absolute atomic E-state index is 14.9. The number of aliphatic imine (C=N–C) groups is 1. The molecule has 0 aromatic heterocycles. The molecule has 4 N–H and O–H groups in total. The van der Waals surface area contributed by atoms with E-state index in [1.165, 1.54) is 0 Å². The molecular formula is C52H73N3O7. The summed E-state index contributed by atoms with van der Waals surface area (Å²) in [6, 6.07) is 6.36. The number of ether oxygens (including phenoxy) is 2. The van der Waals surface area contributed by atoms with E-state index in [0.29, 0.717) is 64.1 Å². The standard InChI is InChI=1S/C52H73N3O7/c1-30-22-32(26-34(23-30)52(60)16-20-61-21-17-52)25-33-28-55(36-12-18-54-43(33)36)29-35-42-41(31(2)24-37(56)46-47(3,4)62-46)38(57)27-51(42,8)50(7)14-10-39-48(5,15-19-53-9)40(58)11-13-49(39,6)45(50)44(35)59/h12,18,22-23,26,28,31,35-37,39,44-46,53,56,59-60H,10-11,13-17,19-21,24-25,27,29H2,1-9H3/t31-,35-,36?,37-,39+,44-,45+,46+,48+,49+,50+,51-/m1/s1. The number of aliphatic hydroxyl groups is 3. The van der Waals surface area contributed by atoms with Crippen LogP contribution in [0.5, 0.6) is 0 Å². The third-order valence-corrected chi connectivity index (χ3v) is 18.5. The number of carbonyl (C=O) groups is 2. The molecule has 1 unspecified atom stereocenters. The van der Waals surface area contributed by atoms with Gasteiger partial charge in [-0.3, -0.25) is 14.6 Å². The van der Waals surface area contributed by atoms with Crippen molar-refractivity contribution in [3.63, 3.8) is 0 Å². The number of benzene rings is 1.